The van der Waals surface area contributed by atoms with E-state index >= 15 is 0 Å². The van der Waals surface area contributed by atoms with Gasteiger partial charge in [-0.25, -0.2) is 0 Å². The van der Waals surface area contributed by atoms with E-state index in [0.717, 1.165) is 12.8 Å². The Hall–Kier alpha value is -1.44. The second-order valence-corrected chi connectivity index (χ2v) is 5.63. The van der Waals surface area contributed by atoms with E-state index in [1.54, 1.807) is 18.2 Å². The quantitative estimate of drug-likeness (QED) is 0.927. The molecule has 0 spiro atoms. The molecule has 0 saturated heterocycles. The molecule has 0 heterocycles. The summed E-state index contributed by atoms with van der Waals surface area (Å²) >= 11 is 11.6. The van der Waals surface area contributed by atoms with Crippen molar-refractivity contribution in [2.45, 2.75) is 31.2 Å². The largest absolute Gasteiger partial charge is 0.484 e. The first-order valence-electron chi connectivity index (χ1n) is 6.35. The van der Waals surface area contributed by atoms with Crippen molar-refractivity contribution in [2.24, 2.45) is 0 Å². The summed E-state index contributed by atoms with van der Waals surface area (Å²) in [6.45, 7) is -0.151. The molecular weight excluding hydrogens is 299 g/mol. The molecule has 0 bridgehead atoms. The molecule has 1 aromatic carbocycles. The third-order valence-corrected chi connectivity index (χ3v) is 4.05. The predicted molar refractivity (Wildman–Crippen MR) is 76.9 cm³/mol. The Morgan fingerprint density at radius 3 is 2.65 bits per heavy atom. The molecule has 2 rings (SSSR count). The first kappa shape index (κ1) is 15.0. The van der Waals surface area contributed by atoms with Crippen LogP contribution in [0.4, 0.5) is 0 Å². The van der Waals surface area contributed by atoms with Gasteiger partial charge >= 0.3 is 0 Å². The third kappa shape index (κ3) is 3.56. The van der Waals surface area contributed by atoms with Crippen molar-refractivity contribution in [1.29, 1.82) is 5.26 Å². The molecule has 1 saturated carbocycles. The minimum absolute atomic E-state index is 0.151. The second-order valence-electron chi connectivity index (χ2n) is 4.81. The first-order chi connectivity index (χ1) is 9.54. The minimum atomic E-state index is -0.724. The van der Waals surface area contributed by atoms with Crippen molar-refractivity contribution >= 4 is 29.1 Å². The average Bonchev–Trinajstić information content (AvgIpc) is 2.89. The molecule has 1 amide bonds. The molecule has 1 fully saturated rings. The number of nitriles is 1. The first-order valence-corrected chi connectivity index (χ1v) is 7.10. The zero-order valence-electron chi connectivity index (χ0n) is 10.8. The van der Waals surface area contributed by atoms with Gasteiger partial charge in [0.15, 0.2) is 6.61 Å². The maximum atomic E-state index is 11.8. The van der Waals surface area contributed by atoms with Gasteiger partial charge in [-0.1, -0.05) is 23.2 Å². The van der Waals surface area contributed by atoms with Gasteiger partial charge in [-0.05, 0) is 37.8 Å². The highest BCUT2D eigenvalue weighted by Gasteiger charge is 2.35. The number of benzene rings is 1. The highest BCUT2D eigenvalue weighted by atomic mass is 35.5. The Morgan fingerprint density at radius 2 is 2.05 bits per heavy atom. The highest BCUT2D eigenvalue weighted by Crippen LogP contribution is 2.29. The molecule has 1 aliphatic carbocycles. The standard InChI is InChI=1S/C14H14Cl2N2O2/c15-11-4-3-10(7-12(11)16)20-8-13(19)18-14(9-17)5-1-2-6-14/h3-4,7H,1-2,5-6,8H2,(H,18,19). The lowest BCUT2D eigenvalue weighted by atomic mass is 10.00. The van der Waals surface area contributed by atoms with Crippen molar-refractivity contribution < 1.29 is 9.53 Å². The lowest BCUT2D eigenvalue weighted by Crippen LogP contribution is -2.47. The molecule has 0 unspecified atom stereocenters. The number of rotatable bonds is 4. The van der Waals surface area contributed by atoms with Crippen LogP contribution in [0.3, 0.4) is 0 Å². The van der Waals surface area contributed by atoms with Gasteiger partial charge in [0.1, 0.15) is 11.3 Å². The predicted octanol–water partition coefficient (Wildman–Crippen LogP) is 3.32. The van der Waals surface area contributed by atoms with Gasteiger partial charge in [0, 0.05) is 6.07 Å². The number of hydrogen-bond acceptors (Lipinski definition) is 3. The number of carbonyl (C=O) groups is 1. The molecule has 20 heavy (non-hydrogen) atoms. The lowest BCUT2D eigenvalue weighted by Gasteiger charge is -2.21. The maximum Gasteiger partial charge on any atom is 0.259 e. The van der Waals surface area contributed by atoms with Crippen molar-refractivity contribution in [1.82, 2.24) is 5.32 Å². The van der Waals surface area contributed by atoms with Crippen LogP contribution in [0.5, 0.6) is 5.75 Å². The van der Waals surface area contributed by atoms with E-state index in [1.807, 2.05) is 0 Å². The molecule has 4 nitrogen and oxygen atoms in total. The van der Waals surface area contributed by atoms with Crippen molar-refractivity contribution in [3.63, 3.8) is 0 Å². The summed E-state index contributed by atoms with van der Waals surface area (Å²) in [4.78, 5) is 11.8. The van der Waals surface area contributed by atoms with Gasteiger partial charge in [-0.2, -0.15) is 5.26 Å². The van der Waals surface area contributed by atoms with Crippen molar-refractivity contribution in [3.05, 3.63) is 28.2 Å². The molecular formula is C14H14Cl2N2O2. The Bertz CT molecular complexity index is 549. The maximum absolute atomic E-state index is 11.8. The van der Waals surface area contributed by atoms with Crippen LogP contribution in [0.2, 0.25) is 10.0 Å². The summed E-state index contributed by atoms with van der Waals surface area (Å²) in [5, 5.41) is 12.7. The smallest absolute Gasteiger partial charge is 0.259 e. The number of amides is 1. The van der Waals surface area contributed by atoms with Gasteiger partial charge in [-0.3, -0.25) is 4.79 Å². The molecule has 1 aromatic rings. The minimum Gasteiger partial charge on any atom is -0.484 e. The third-order valence-electron chi connectivity index (χ3n) is 3.31. The monoisotopic (exact) mass is 312 g/mol. The average molecular weight is 313 g/mol. The van der Waals surface area contributed by atoms with Gasteiger partial charge in [0.25, 0.3) is 5.91 Å². The van der Waals surface area contributed by atoms with Gasteiger partial charge in [0.2, 0.25) is 0 Å². The van der Waals surface area contributed by atoms with E-state index in [9.17, 15) is 10.1 Å². The number of nitrogens with one attached hydrogen (secondary N) is 1. The number of halogens is 2. The van der Waals surface area contributed by atoms with Gasteiger partial charge in [0.05, 0.1) is 16.1 Å². The fraction of sp³-hybridized carbons (Fsp3) is 0.429. The van der Waals surface area contributed by atoms with E-state index in [2.05, 4.69) is 11.4 Å². The molecule has 6 heteroatoms. The van der Waals surface area contributed by atoms with Crippen LogP contribution in [0.1, 0.15) is 25.7 Å². The van der Waals surface area contributed by atoms with E-state index in [4.69, 9.17) is 27.9 Å². The fourth-order valence-corrected chi connectivity index (χ4v) is 2.55. The molecule has 1 aliphatic rings. The SMILES string of the molecule is N#CC1(NC(=O)COc2ccc(Cl)c(Cl)c2)CCCC1. The molecule has 1 N–H and O–H groups in total. The Morgan fingerprint density at radius 1 is 1.35 bits per heavy atom. The molecule has 106 valence electrons. The van der Waals surface area contributed by atoms with E-state index < -0.39 is 5.54 Å². The van der Waals surface area contributed by atoms with Gasteiger partial charge < -0.3 is 10.1 Å². The molecule has 0 radical (unpaired) electrons. The summed E-state index contributed by atoms with van der Waals surface area (Å²) < 4.78 is 5.34. The van der Waals surface area contributed by atoms with E-state index in [-0.39, 0.29) is 12.5 Å². The zero-order valence-corrected chi connectivity index (χ0v) is 12.3. The normalized spacial score (nSPS) is 16.4. The van der Waals surface area contributed by atoms with Crippen LogP contribution in [-0.4, -0.2) is 18.1 Å². The summed E-state index contributed by atoms with van der Waals surface area (Å²) in [5.74, 6) is 0.159. The van der Waals surface area contributed by atoms with Crippen LogP contribution in [0, 0.1) is 11.3 Å². The Balaban J connectivity index is 1.89. The zero-order chi connectivity index (χ0) is 14.6. The lowest BCUT2D eigenvalue weighted by molar-refractivity contribution is -0.124. The number of carbonyl (C=O) groups excluding carboxylic acids is 1. The number of ether oxygens (including phenoxy) is 1. The fourth-order valence-electron chi connectivity index (χ4n) is 2.26. The number of hydrogen-bond donors (Lipinski definition) is 1. The molecule has 0 aliphatic heterocycles. The van der Waals surface area contributed by atoms with Crippen LogP contribution in [-0.2, 0) is 4.79 Å². The summed E-state index contributed by atoms with van der Waals surface area (Å²) in [7, 11) is 0. The Labute approximate surface area is 127 Å². The summed E-state index contributed by atoms with van der Waals surface area (Å²) in [6.07, 6.45) is 3.31. The summed E-state index contributed by atoms with van der Waals surface area (Å²) in [5.41, 5.74) is -0.724. The number of nitrogens with zero attached hydrogens (tertiary/aromatic N) is 1. The van der Waals surface area contributed by atoms with Crippen molar-refractivity contribution in [2.75, 3.05) is 6.61 Å². The van der Waals surface area contributed by atoms with Crippen LogP contribution in [0.25, 0.3) is 0 Å². The summed E-state index contributed by atoms with van der Waals surface area (Å²) in [6, 6.07) is 6.98. The second kappa shape index (κ2) is 6.34. The Kier molecular flexibility index (Phi) is 4.74. The van der Waals surface area contributed by atoms with Gasteiger partial charge in [-0.15, -0.1) is 0 Å². The van der Waals surface area contributed by atoms with Crippen molar-refractivity contribution in [3.8, 4) is 11.8 Å². The van der Waals surface area contributed by atoms with Crippen LogP contribution < -0.4 is 10.1 Å². The molecule has 0 atom stereocenters. The van der Waals surface area contributed by atoms with Crippen LogP contribution in [0.15, 0.2) is 18.2 Å². The van der Waals surface area contributed by atoms with E-state index in [1.165, 1.54) is 0 Å². The topological polar surface area (TPSA) is 62.1 Å². The van der Waals surface area contributed by atoms with E-state index in [0.29, 0.717) is 28.6 Å². The van der Waals surface area contributed by atoms with Crippen LogP contribution >= 0.6 is 23.2 Å². The highest BCUT2D eigenvalue weighted by molar-refractivity contribution is 6.42. The molecule has 0 aromatic heterocycles.